The summed E-state index contributed by atoms with van der Waals surface area (Å²) in [5.41, 5.74) is 14.6. The molecule has 0 bridgehead atoms. The smallest absolute Gasteiger partial charge is 0.201 e. The van der Waals surface area contributed by atoms with Gasteiger partial charge in [-0.05, 0) is 99.8 Å². The Balaban J connectivity index is 1.21. The largest absolute Gasteiger partial charge is 0.332 e. The van der Waals surface area contributed by atoms with Gasteiger partial charge in [-0.2, -0.15) is 0 Å². The van der Waals surface area contributed by atoms with Gasteiger partial charge in [0, 0.05) is 29.1 Å². The Kier molecular flexibility index (Phi) is 10.0. The lowest BCUT2D eigenvalue weighted by Gasteiger charge is -2.18. The number of rotatable bonds is 7. The number of benzene rings is 6. The number of thiocarbonyl (C=S) groups is 1. The summed E-state index contributed by atoms with van der Waals surface area (Å²) in [6, 6.07) is 43.9. The number of aryl methyl sites for hydroxylation is 1. The van der Waals surface area contributed by atoms with Crippen LogP contribution < -0.4 is 20.6 Å². The first kappa shape index (κ1) is 35.2. The van der Waals surface area contributed by atoms with E-state index in [1.54, 1.807) is 11.3 Å². The van der Waals surface area contributed by atoms with Gasteiger partial charge in [0.05, 0.1) is 20.8 Å². The average molecular weight is 718 g/mol. The van der Waals surface area contributed by atoms with Crippen LogP contribution in [0.2, 0.25) is 0 Å². The average Bonchev–Trinajstić information content (AvgIpc) is 3.14. The maximum Gasteiger partial charge on any atom is 0.201 e. The van der Waals surface area contributed by atoms with Gasteiger partial charge in [0.15, 0.2) is 5.11 Å². The van der Waals surface area contributed by atoms with Gasteiger partial charge in [-0.3, -0.25) is 0 Å². The van der Waals surface area contributed by atoms with Crippen LogP contribution in [0, 0.1) is 6.92 Å². The molecule has 0 fully saturated rings. The molecule has 0 unspecified atom stereocenters. The zero-order chi connectivity index (χ0) is 36.5. The van der Waals surface area contributed by atoms with E-state index >= 15 is 0 Å². The molecule has 2 aliphatic rings. The number of nitrogens with zero attached hydrogens (tertiary/aromatic N) is 2. The summed E-state index contributed by atoms with van der Waals surface area (Å²) in [7, 11) is 4.12. The molecule has 1 heterocycles. The third-order valence-corrected chi connectivity index (χ3v) is 11.1. The second-order valence-corrected chi connectivity index (χ2v) is 15.9. The van der Waals surface area contributed by atoms with Crippen LogP contribution in [0.5, 0.6) is 0 Å². The highest BCUT2D eigenvalue weighted by Crippen LogP contribution is 2.36. The lowest BCUT2D eigenvalue weighted by molar-refractivity contribution is 0.814. The van der Waals surface area contributed by atoms with Crippen molar-refractivity contribution >= 4 is 50.3 Å². The zero-order valence-corrected chi connectivity index (χ0v) is 32.5. The van der Waals surface area contributed by atoms with Crippen LogP contribution >= 0.6 is 23.6 Å². The predicted octanol–water partition coefficient (Wildman–Crippen LogP) is 11.8. The van der Waals surface area contributed by atoms with Gasteiger partial charge in [-0.25, -0.2) is 9.56 Å². The third kappa shape index (κ3) is 7.55. The fourth-order valence-corrected chi connectivity index (χ4v) is 7.74. The molecule has 52 heavy (non-hydrogen) atoms. The Morgan fingerprint density at radius 2 is 1.15 bits per heavy atom. The second kappa shape index (κ2) is 14.8. The Bertz CT molecular complexity index is 2430. The van der Waals surface area contributed by atoms with E-state index in [1.165, 1.54) is 27.8 Å². The standard InChI is InChI=1S/C46H44N4S2/c1-28(2)31-8-12-33(13-9-31)34-16-18-36(19-17-34)39-22-20-37(35-14-10-32(11-15-35)29(3)4)25-42(39)49-46(51)48-41-27-45-43(24-30(41)5)47-40-23-21-38(50(6)7)26-44(40)52-45/h8-29H,1-7H3,(H,49,51)/p+1. The van der Waals surface area contributed by atoms with Gasteiger partial charge in [-0.15, -0.1) is 11.3 Å². The summed E-state index contributed by atoms with van der Waals surface area (Å²) < 4.78 is 3.22. The highest BCUT2D eigenvalue weighted by Gasteiger charge is 2.14. The number of nitrogens with one attached hydrogen (secondary N) is 2. The molecule has 6 heteroatoms. The van der Waals surface area contributed by atoms with E-state index in [1.807, 2.05) is 0 Å². The molecule has 5 aromatic carbocycles. The molecule has 2 N–H and O–H groups in total. The minimum atomic E-state index is 0.484. The number of fused-ring (bicyclic) bond motifs is 2. The van der Waals surface area contributed by atoms with Crippen molar-refractivity contribution in [2.24, 2.45) is 0 Å². The summed E-state index contributed by atoms with van der Waals surface area (Å²) in [4.78, 5) is 6.13. The quantitative estimate of drug-likeness (QED) is 0.0978. The van der Waals surface area contributed by atoms with Crippen molar-refractivity contribution in [3.05, 3.63) is 143 Å². The van der Waals surface area contributed by atoms with E-state index in [-0.39, 0.29) is 0 Å². The summed E-state index contributed by atoms with van der Waals surface area (Å²) in [6.45, 7) is 11.0. The van der Waals surface area contributed by atoms with Gasteiger partial charge < -0.3 is 10.6 Å². The Morgan fingerprint density at radius 1 is 0.615 bits per heavy atom. The van der Waals surface area contributed by atoms with Crippen molar-refractivity contribution in [3.63, 3.8) is 0 Å². The van der Waals surface area contributed by atoms with Crippen molar-refractivity contribution in [2.75, 3.05) is 24.7 Å². The van der Waals surface area contributed by atoms with Crippen molar-refractivity contribution in [1.82, 2.24) is 9.56 Å². The number of hydrogen-bond donors (Lipinski definition) is 2. The van der Waals surface area contributed by atoms with Gasteiger partial charge in [0.1, 0.15) is 14.1 Å². The molecule has 0 atom stereocenters. The molecule has 4 nitrogen and oxygen atoms in total. The van der Waals surface area contributed by atoms with Crippen LogP contribution in [0.3, 0.4) is 0 Å². The molecule has 0 saturated heterocycles. The molecular formula is C46H45N4S2+. The molecule has 1 aliphatic carbocycles. The SMILES string of the molecule is Cc1cc2nc3ccc(=[N+](C)C)cc-3sc2cc1NC(=S)Nc1cc(-c2ccc(C(C)C)cc2)ccc1-c1ccc(-c2ccc(C(C)C)cc2)cc1. The highest BCUT2D eigenvalue weighted by atomic mass is 32.1. The van der Waals surface area contributed by atoms with E-state index in [2.05, 4.69) is 185 Å². The first-order chi connectivity index (χ1) is 25.0. The van der Waals surface area contributed by atoms with Gasteiger partial charge in [-0.1, -0.05) is 113 Å². The Hall–Kier alpha value is -5.17. The van der Waals surface area contributed by atoms with E-state index in [9.17, 15) is 0 Å². The van der Waals surface area contributed by atoms with Crippen LogP contribution in [-0.2, 0) is 0 Å². The predicted molar refractivity (Wildman–Crippen MR) is 229 cm³/mol. The molecule has 0 saturated carbocycles. The molecule has 0 aromatic heterocycles. The maximum atomic E-state index is 6.01. The lowest BCUT2D eigenvalue weighted by Crippen LogP contribution is -2.21. The molecule has 1 aliphatic heterocycles. The third-order valence-electron chi connectivity index (χ3n) is 9.76. The maximum absolute atomic E-state index is 6.01. The molecular weight excluding hydrogens is 673 g/mol. The molecule has 0 spiro atoms. The molecule has 260 valence electrons. The molecule has 0 radical (unpaired) electrons. The van der Waals surface area contributed by atoms with Crippen LogP contribution in [-0.4, -0.2) is 24.2 Å². The van der Waals surface area contributed by atoms with E-state index < -0.39 is 0 Å². The van der Waals surface area contributed by atoms with Gasteiger partial charge in [0.2, 0.25) is 5.36 Å². The summed E-state index contributed by atoms with van der Waals surface area (Å²) >= 11 is 7.76. The van der Waals surface area contributed by atoms with Crippen LogP contribution in [0.25, 0.3) is 54.2 Å². The van der Waals surface area contributed by atoms with Gasteiger partial charge >= 0.3 is 0 Å². The van der Waals surface area contributed by atoms with Crippen molar-refractivity contribution in [3.8, 4) is 44.0 Å². The van der Waals surface area contributed by atoms with Crippen molar-refractivity contribution in [1.29, 1.82) is 0 Å². The highest BCUT2D eigenvalue weighted by molar-refractivity contribution is 7.80. The summed E-state index contributed by atoms with van der Waals surface area (Å²) in [5, 5.41) is 8.80. The van der Waals surface area contributed by atoms with Crippen LogP contribution in [0.1, 0.15) is 56.2 Å². The fourth-order valence-electron chi connectivity index (χ4n) is 6.50. The fraction of sp³-hybridized carbons (Fsp3) is 0.196. The topological polar surface area (TPSA) is 40.0 Å². The van der Waals surface area contributed by atoms with Crippen molar-refractivity contribution in [2.45, 2.75) is 46.5 Å². The normalized spacial score (nSPS) is 11.4. The second-order valence-electron chi connectivity index (χ2n) is 14.4. The summed E-state index contributed by atoms with van der Waals surface area (Å²) in [5.74, 6) is 0.997. The van der Waals surface area contributed by atoms with Crippen LogP contribution in [0.15, 0.2) is 121 Å². The van der Waals surface area contributed by atoms with Crippen LogP contribution in [0.4, 0.5) is 11.4 Å². The number of aromatic nitrogens is 1. The molecule has 0 amide bonds. The molecule has 5 aromatic rings. The molecule has 7 rings (SSSR count). The zero-order valence-electron chi connectivity index (χ0n) is 30.9. The van der Waals surface area contributed by atoms with E-state index in [0.717, 1.165) is 59.8 Å². The monoisotopic (exact) mass is 717 g/mol. The Labute approximate surface area is 316 Å². The lowest BCUT2D eigenvalue weighted by atomic mass is 9.94. The van der Waals surface area contributed by atoms with E-state index in [0.29, 0.717) is 16.9 Å². The number of anilines is 2. The first-order valence-electron chi connectivity index (χ1n) is 17.9. The van der Waals surface area contributed by atoms with Gasteiger partial charge in [0.25, 0.3) is 0 Å². The summed E-state index contributed by atoms with van der Waals surface area (Å²) in [6.07, 6.45) is 0. The van der Waals surface area contributed by atoms with E-state index in [4.69, 9.17) is 17.2 Å². The van der Waals surface area contributed by atoms with Crippen molar-refractivity contribution < 1.29 is 0 Å². The Morgan fingerprint density at radius 3 is 1.75 bits per heavy atom. The first-order valence-corrected chi connectivity index (χ1v) is 19.1. The minimum Gasteiger partial charge on any atom is -0.332 e. The number of hydrogen-bond acceptors (Lipinski definition) is 3. The minimum absolute atomic E-state index is 0.484.